The highest BCUT2D eigenvalue weighted by Gasteiger charge is 2.30. The average molecular weight is 421 g/mol. The molecule has 1 N–H and O–H groups in total. The fraction of sp³-hybridized carbons (Fsp3) is 0.182. The van der Waals surface area contributed by atoms with Crippen LogP contribution in [0.2, 0.25) is 5.02 Å². The first-order chi connectivity index (χ1) is 14.6. The van der Waals surface area contributed by atoms with Crippen LogP contribution >= 0.6 is 11.6 Å². The molecule has 7 nitrogen and oxygen atoms in total. The Hall–Kier alpha value is -3.47. The Bertz CT molecular complexity index is 1110. The predicted octanol–water partition coefficient (Wildman–Crippen LogP) is 2.62. The molecular formula is C22H17ClN4O3. The Morgan fingerprint density at radius 1 is 1.07 bits per heavy atom. The second kappa shape index (κ2) is 8.49. The van der Waals surface area contributed by atoms with Crippen LogP contribution in [0.15, 0.2) is 59.1 Å². The van der Waals surface area contributed by atoms with Gasteiger partial charge in [-0.1, -0.05) is 35.9 Å². The molecular weight excluding hydrogens is 404 g/mol. The van der Waals surface area contributed by atoms with Crippen LogP contribution in [0.5, 0.6) is 0 Å². The molecule has 30 heavy (non-hydrogen) atoms. The van der Waals surface area contributed by atoms with Gasteiger partial charge in [-0.25, -0.2) is 4.99 Å². The molecule has 1 saturated heterocycles. The third kappa shape index (κ3) is 3.83. The van der Waals surface area contributed by atoms with Crippen LogP contribution in [0, 0.1) is 11.3 Å². The Labute approximate surface area is 178 Å². The molecule has 0 aromatic heterocycles. The zero-order valence-electron chi connectivity index (χ0n) is 15.9. The number of nitriles is 1. The Morgan fingerprint density at radius 3 is 2.40 bits per heavy atom. The fourth-order valence-electron chi connectivity index (χ4n) is 3.32. The lowest BCUT2D eigenvalue weighted by Gasteiger charge is -2.26. The van der Waals surface area contributed by atoms with Gasteiger partial charge in [0.15, 0.2) is 0 Å². The highest BCUT2D eigenvalue weighted by atomic mass is 35.5. The SMILES string of the molecule is N#C/C(C(=O)N1CCOCC1)=C1/N=C(NC(=O)c2ccc(Cl)cc2)c2ccccc21. The molecule has 0 atom stereocenters. The minimum atomic E-state index is -0.389. The number of hydrogen-bond acceptors (Lipinski definition) is 5. The standard InChI is InChI=1S/C22H17ClN4O3/c23-15-7-5-14(6-8-15)21(28)26-20-17-4-2-1-3-16(17)19(25-20)18(13-24)22(29)27-9-11-30-12-10-27/h1-8H,9-12H2,(H,25,26,28)/b19-18-. The Morgan fingerprint density at radius 2 is 1.73 bits per heavy atom. The van der Waals surface area contributed by atoms with E-state index in [1.54, 1.807) is 47.4 Å². The first-order valence-electron chi connectivity index (χ1n) is 9.35. The first-order valence-corrected chi connectivity index (χ1v) is 9.73. The summed E-state index contributed by atoms with van der Waals surface area (Å²) < 4.78 is 5.28. The lowest BCUT2D eigenvalue weighted by Crippen LogP contribution is -2.41. The van der Waals surface area contributed by atoms with E-state index in [2.05, 4.69) is 10.3 Å². The third-order valence-corrected chi connectivity index (χ3v) is 5.11. The molecule has 2 aromatic carbocycles. The summed E-state index contributed by atoms with van der Waals surface area (Å²) in [6.45, 7) is 1.70. The Balaban J connectivity index is 1.70. The molecule has 0 unspecified atom stereocenters. The van der Waals surface area contributed by atoms with Crippen LogP contribution < -0.4 is 5.32 Å². The maximum absolute atomic E-state index is 12.9. The largest absolute Gasteiger partial charge is 0.378 e. The first kappa shape index (κ1) is 19.8. The van der Waals surface area contributed by atoms with Crippen LogP contribution in [-0.2, 0) is 9.53 Å². The minimum Gasteiger partial charge on any atom is -0.378 e. The molecule has 0 saturated carbocycles. The number of amidine groups is 1. The molecule has 4 rings (SSSR count). The average Bonchev–Trinajstić information content (AvgIpc) is 3.13. The van der Waals surface area contributed by atoms with Crippen molar-refractivity contribution in [3.63, 3.8) is 0 Å². The number of ether oxygens (including phenoxy) is 1. The molecule has 0 radical (unpaired) electrons. The molecule has 2 heterocycles. The van der Waals surface area contributed by atoms with Crippen molar-refractivity contribution in [2.24, 2.45) is 4.99 Å². The van der Waals surface area contributed by atoms with Crippen molar-refractivity contribution in [1.82, 2.24) is 10.2 Å². The van der Waals surface area contributed by atoms with Crippen LogP contribution in [0.25, 0.3) is 5.70 Å². The molecule has 2 aliphatic rings. The molecule has 1 fully saturated rings. The number of fused-ring (bicyclic) bond motifs is 1. The van der Waals surface area contributed by atoms with Crippen LogP contribution in [-0.4, -0.2) is 48.9 Å². The third-order valence-electron chi connectivity index (χ3n) is 4.86. The molecule has 0 bridgehead atoms. The van der Waals surface area contributed by atoms with Crippen molar-refractivity contribution in [2.75, 3.05) is 26.3 Å². The molecule has 2 aliphatic heterocycles. The molecule has 0 spiro atoms. The quantitative estimate of drug-likeness (QED) is 0.596. The van der Waals surface area contributed by atoms with Gasteiger partial charge in [-0.2, -0.15) is 5.26 Å². The number of benzene rings is 2. The van der Waals surface area contributed by atoms with Gasteiger partial charge in [0.05, 0.1) is 18.9 Å². The lowest BCUT2D eigenvalue weighted by atomic mass is 10.0. The number of aliphatic imine (C=N–C) groups is 1. The maximum Gasteiger partial charge on any atom is 0.266 e. The maximum atomic E-state index is 12.9. The van der Waals surface area contributed by atoms with E-state index in [1.165, 1.54) is 0 Å². The van der Waals surface area contributed by atoms with Crippen LogP contribution in [0.3, 0.4) is 0 Å². The second-order valence-electron chi connectivity index (χ2n) is 6.71. The van der Waals surface area contributed by atoms with Crippen molar-refractivity contribution in [3.8, 4) is 6.07 Å². The number of morpholine rings is 1. The number of carbonyl (C=O) groups is 2. The van der Waals surface area contributed by atoms with E-state index in [1.807, 2.05) is 12.1 Å². The van der Waals surface area contributed by atoms with Crippen LogP contribution in [0.1, 0.15) is 21.5 Å². The fourth-order valence-corrected chi connectivity index (χ4v) is 3.45. The van der Waals surface area contributed by atoms with Gasteiger partial charge in [-0.15, -0.1) is 0 Å². The van der Waals surface area contributed by atoms with Gasteiger partial charge in [0.1, 0.15) is 17.5 Å². The van der Waals surface area contributed by atoms with Gasteiger partial charge >= 0.3 is 0 Å². The number of rotatable bonds is 2. The zero-order chi connectivity index (χ0) is 21.1. The number of nitrogens with zero attached hydrogens (tertiary/aromatic N) is 3. The normalized spacial score (nSPS) is 16.9. The summed E-state index contributed by atoms with van der Waals surface area (Å²) in [6.07, 6.45) is 0. The van der Waals surface area contributed by atoms with Crippen LogP contribution in [0.4, 0.5) is 0 Å². The van der Waals surface area contributed by atoms with E-state index in [-0.39, 0.29) is 23.1 Å². The van der Waals surface area contributed by atoms with E-state index >= 15 is 0 Å². The highest BCUT2D eigenvalue weighted by molar-refractivity contribution is 6.30. The number of halogens is 1. The monoisotopic (exact) mass is 420 g/mol. The Kier molecular flexibility index (Phi) is 5.61. The smallest absolute Gasteiger partial charge is 0.266 e. The van der Waals surface area contributed by atoms with Crippen molar-refractivity contribution < 1.29 is 14.3 Å². The van der Waals surface area contributed by atoms with Crippen molar-refractivity contribution in [2.45, 2.75) is 0 Å². The summed E-state index contributed by atoms with van der Waals surface area (Å²) in [5.41, 5.74) is 1.90. The van der Waals surface area contributed by atoms with Gasteiger partial charge in [0, 0.05) is 34.8 Å². The van der Waals surface area contributed by atoms with Gasteiger partial charge in [0.25, 0.3) is 11.8 Å². The number of hydrogen-bond donors (Lipinski definition) is 1. The lowest BCUT2D eigenvalue weighted by molar-refractivity contribution is -0.130. The van der Waals surface area contributed by atoms with E-state index in [0.29, 0.717) is 53.9 Å². The number of amides is 2. The van der Waals surface area contributed by atoms with Crippen molar-refractivity contribution in [1.29, 1.82) is 5.26 Å². The van der Waals surface area contributed by atoms with E-state index < -0.39 is 0 Å². The molecule has 2 amide bonds. The van der Waals surface area contributed by atoms with Gasteiger partial charge in [-0.05, 0) is 24.3 Å². The summed E-state index contributed by atoms with van der Waals surface area (Å²) in [5, 5.41) is 13.0. The van der Waals surface area contributed by atoms with Gasteiger partial charge in [0.2, 0.25) is 0 Å². The molecule has 150 valence electrons. The second-order valence-corrected chi connectivity index (χ2v) is 7.14. The number of carbonyl (C=O) groups excluding carboxylic acids is 2. The summed E-state index contributed by atoms with van der Waals surface area (Å²) in [6, 6.07) is 15.6. The van der Waals surface area contributed by atoms with Gasteiger partial charge in [-0.3, -0.25) is 9.59 Å². The summed E-state index contributed by atoms with van der Waals surface area (Å²) >= 11 is 5.88. The minimum absolute atomic E-state index is 0.0555. The van der Waals surface area contributed by atoms with Gasteiger partial charge < -0.3 is 15.0 Å². The summed E-state index contributed by atoms with van der Waals surface area (Å²) in [4.78, 5) is 31.6. The summed E-state index contributed by atoms with van der Waals surface area (Å²) in [5.74, 6) is -0.456. The topological polar surface area (TPSA) is 94.8 Å². The number of nitrogens with one attached hydrogen (secondary N) is 1. The molecule has 8 heteroatoms. The zero-order valence-corrected chi connectivity index (χ0v) is 16.6. The van der Waals surface area contributed by atoms with Crippen molar-refractivity contribution in [3.05, 3.63) is 75.8 Å². The van der Waals surface area contributed by atoms with E-state index in [0.717, 1.165) is 0 Å². The van der Waals surface area contributed by atoms with Crippen molar-refractivity contribution >= 4 is 34.9 Å². The van der Waals surface area contributed by atoms with E-state index in [4.69, 9.17) is 16.3 Å². The molecule has 0 aliphatic carbocycles. The predicted molar refractivity (Wildman–Crippen MR) is 112 cm³/mol. The summed E-state index contributed by atoms with van der Waals surface area (Å²) in [7, 11) is 0. The van der Waals surface area contributed by atoms with E-state index in [9.17, 15) is 14.9 Å². The highest BCUT2D eigenvalue weighted by Crippen LogP contribution is 2.31. The molecule has 2 aromatic rings.